The number of amides is 1. The zero-order valence-corrected chi connectivity index (χ0v) is 29.5. The van der Waals surface area contributed by atoms with Gasteiger partial charge in [0.15, 0.2) is 15.8 Å². The lowest BCUT2D eigenvalue weighted by Gasteiger charge is -2.23. The highest BCUT2D eigenvalue weighted by molar-refractivity contribution is 8.00. The Labute approximate surface area is 293 Å². The Morgan fingerprint density at radius 3 is 2.44 bits per heavy atom. The summed E-state index contributed by atoms with van der Waals surface area (Å²) in [4.78, 5) is 28.9. The molecule has 1 N–H and O–H groups in total. The van der Waals surface area contributed by atoms with Crippen LogP contribution < -0.4 is 19.1 Å². The lowest BCUT2D eigenvalue weighted by atomic mass is 9.95. The van der Waals surface area contributed by atoms with E-state index in [9.17, 15) is 14.7 Å². The van der Waals surface area contributed by atoms with Crippen molar-refractivity contribution in [3.05, 3.63) is 94.0 Å². The molecule has 3 aromatic carbocycles. The van der Waals surface area contributed by atoms with Crippen molar-refractivity contribution in [1.82, 2.24) is 10.2 Å². The Hall–Kier alpha value is -4.06. The Kier molecular flexibility index (Phi) is 12.4. The van der Waals surface area contributed by atoms with Crippen LogP contribution >= 0.6 is 34.7 Å². The second-order valence-electron chi connectivity index (χ2n) is 11.0. The first-order valence-corrected chi connectivity index (χ1v) is 18.2. The standard InChI is InChI=1S/C36H38ClN3O6S2/c1-4-7-10-20-46-28-18-15-24(21-29(28)44-6-3)31-30(32(41)23-13-16-26(17-14-23)45-19-5-2)33(42)34(43)40(31)35-38-39-36(48-35)47-22-25-11-8-9-12-27(25)37/h8-9,11-18,21,31,41H,4-7,10,19-20,22H2,1-3H3. The maximum absolute atomic E-state index is 13.8. The maximum atomic E-state index is 13.8. The number of halogens is 1. The van der Waals surface area contributed by atoms with Crippen LogP contribution in [0.1, 0.15) is 69.2 Å². The number of hydrogen-bond donors (Lipinski definition) is 1. The number of aliphatic hydroxyl groups is 1. The van der Waals surface area contributed by atoms with Crippen LogP contribution in [0.4, 0.5) is 5.13 Å². The summed E-state index contributed by atoms with van der Waals surface area (Å²) in [6, 6.07) is 18.6. The first-order valence-electron chi connectivity index (χ1n) is 16.0. The number of ether oxygens (including phenoxy) is 3. The first-order chi connectivity index (χ1) is 23.4. The summed E-state index contributed by atoms with van der Waals surface area (Å²) in [6.45, 7) is 7.48. The minimum Gasteiger partial charge on any atom is -0.507 e. The monoisotopic (exact) mass is 707 g/mol. The first kappa shape index (κ1) is 35.3. The topological polar surface area (TPSA) is 111 Å². The lowest BCUT2D eigenvalue weighted by Crippen LogP contribution is -2.29. The molecule has 1 fully saturated rings. The summed E-state index contributed by atoms with van der Waals surface area (Å²) in [5.74, 6) is 0.262. The summed E-state index contributed by atoms with van der Waals surface area (Å²) < 4.78 is 18.3. The molecule has 0 spiro atoms. The smallest absolute Gasteiger partial charge is 0.301 e. The summed E-state index contributed by atoms with van der Waals surface area (Å²) in [6.07, 6.45) is 3.87. The number of hydrogen-bond acceptors (Lipinski definition) is 10. The second kappa shape index (κ2) is 16.9. The van der Waals surface area contributed by atoms with E-state index in [2.05, 4.69) is 17.1 Å². The van der Waals surface area contributed by atoms with Gasteiger partial charge in [-0.2, -0.15) is 0 Å². The Balaban J connectivity index is 1.54. The van der Waals surface area contributed by atoms with E-state index in [0.29, 0.717) is 63.3 Å². The number of unbranched alkanes of at least 4 members (excludes halogenated alkanes) is 2. The molecule has 1 saturated heterocycles. The normalized spacial score (nSPS) is 15.6. The minimum atomic E-state index is -1.01. The number of rotatable bonds is 16. The van der Waals surface area contributed by atoms with E-state index >= 15 is 0 Å². The number of aromatic nitrogens is 2. The average Bonchev–Trinajstić information content (AvgIpc) is 3.67. The highest BCUT2D eigenvalue weighted by Crippen LogP contribution is 2.46. The molecule has 5 rings (SSSR count). The molecule has 0 bridgehead atoms. The van der Waals surface area contributed by atoms with E-state index in [-0.39, 0.29) is 16.5 Å². The molecule has 9 nitrogen and oxygen atoms in total. The van der Waals surface area contributed by atoms with Gasteiger partial charge in [-0.25, -0.2) is 0 Å². The molecule has 2 heterocycles. The second-order valence-corrected chi connectivity index (χ2v) is 13.6. The molecule has 12 heteroatoms. The van der Waals surface area contributed by atoms with Crippen LogP contribution in [0.5, 0.6) is 17.2 Å². The van der Waals surface area contributed by atoms with Gasteiger partial charge in [0.05, 0.1) is 31.4 Å². The van der Waals surface area contributed by atoms with Crippen molar-refractivity contribution in [3.8, 4) is 17.2 Å². The van der Waals surface area contributed by atoms with Crippen LogP contribution in [0.25, 0.3) is 5.76 Å². The van der Waals surface area contributed by atoms with Gasteiger partial charge in [0, 0.05) is 16.3 Å². The molecule has 1 amide bonds. The number of ketones is 1. The molecule has 1 aliphatic heterocycles. The van der Waals surface area contributed by atoms with Gasteiger partial charge in [-0.15, -0.1) is 10.2 Å². The van der Waals surface area contributed by atoms with E-state index in [0.717, 1.165) is 31.2 Å². The Morgan fingerprint density at radius 2 is 1.71 bits per heavy atom. The quantitative estimate of drug-likeness (QED) is 0.0305. The van der Waals surface area contributed by atoms with Gasteiger partial charge in [0.25, 0.3) is 5.78 Å². The predicted octanol–water partition coefficient (Wildman–Crippen LogP) is 8.87. The Bertz CT molecular complexity index is 1760. The number of nitrogens with zero attached hydrogens (tertiary/aromatic N) is 3. The number of benzene rings is 3. The zero-order valence-electron chi connectivity index (χ0n) is 27.1. The van der Waals surface area contributed by atoms with Gasteiger partial charge in [0.2, 0.25) is 5.13 Å². The number of aliphatic hydroxyl groups excluding tert-OH is 1. The maximum Gasteiger partial charge on any atom is 0.301 e. The number of thioether (sulfide) groups is 1. The van der Waals surface area contributed by atoms with Crippen LogP contribution in [0, 0.1) is 0 Å². The van der Waals surface area contributed by atoms with Gasteiger partial charge in [-0.05, 0) is 73.4 Å². The Morgan fingerprint density at radius 1 is 0.917 bits per heavy atom. The van der Waals surface area contributed by atoms with Crippen LogP contribution in [-0.4, -0.2) is 46.8 Å². The third-order valence-electron chi connectivity index (χ3n) is 7.54. The van der Waals surface area contributed by atoms with Crippen molar-refractivity contribution in [1.29, 1.82) is 0 Å². The number of Topliss-reactive ketones (excluding diaryl/α,β-unsaturated/α-hetero) is 1. The molecule has 252 valence electrons. The van der Waals surface area contributed by atoms with Gasteiger partial charge in [-0.3, -0.25) is 14.5 Å². The highest BCUT2D eigenvalue weighted by Gasteiger charge is 2.48. The van der Waals surface area contributed by atoms with Crippen LogP contribution in [-0.2, 0) is 15.3 Å². The number of carbonyl (C=O) groups excluding carboxylic acids is 2. The van der Waals surface area contributed by atoms with Crippen LogP contribution in [0.15, 0.2) is 76.6 Å². The molecule has 0 aliphatic carbocycles. The average molecular weight is 708 g/mol. The van der Waals surface area contributed by atoms with Crippen LogP contribution in [0.3, 0.4) is 0 Å². The summed E-state index contributed by atoms with van der Waals surface area (Å²) in [7, 11) is 0. The molecule has 48 heavy (non-hydrogen) atoms. The SMILES string of the molecule is CCCCCOc1ccc(C2C(=C(O)c3ccc(OCCC)cc3)C(=O)C(=O)N2c2nnc(SCc3ccccc3Cl)s2)cc1OCC. The molecule has 0 saturated carbocycles. The van der Waals surface area contributed by atoms with E-state index < -0.39 is 17.7 Å². The summed E-state index contributed by atoms with van der Waals surface area (Å²) >= 11 is 8.96. The van der Waals surface area contributed by atoms with Gasteiger partial charge < -0.3 is 19.3 Å². The fraction of sp³-hybridized carbons (Fsp3) is 0.333. The number of carbonyl (C=O) groups is 2. The van der Waals surface area contributed by atoms with Crippen molar-refractivity contribution in [2.45, 2.75) is 62.6 Å². The largest absolute Gasteiger partial charge is 0.507 e. The highest BCUT2D eigenvalue weighted by atomic mass is 35.5. The lowest BCUT2D eigenvalue weighted by molar-refractivity contribution is -0.132. The van der Waals surface area contributed by atoms with E-state index in [1.165, 1.54) is 28.0 Å². The van der Waals surface area contributed by atoms with Gasteiger partial charge >= 0.3 is 5.91 Å². The third-order valence-corrected chi connectivity index (χ3v) is 10.0. The van der Waals surface area contributed by atoms with Crippen molar-refractivity contribution in [2.75, 3.05) is 24.7 Å². The molecule has 1 aliphatic rings. The molecule has 1 unspecified atom stereocenters. The number of anilines is 1. The molecule has 4 aromatic rings. The van der Waals surface area contributed by atoms with Gasteiger partial charge in [-0.1, -0.05) is 85.7 Å². The molecule has 0 radical (unpaired) electrons. The van der Waals surface area contributed by atoms with Crippen molar-refractivity contribution >= 4 is 57.3 Å². The van der Waals surface area contributed by atoms with E-state index in [1.807, 2.05) is 38.1 Å². The van der Waals surface area contributed by atoms with E-state index in [1.54, 1.807) is 42.5 Å². The fourth-order valence-corrected chi connectivity index (χ4v) is 7.31. The fourth-order valence-electron chi connectivity index (χ4n) is 5.16. The van der Waals surface area contributed by atoms with Crippen molar-refractivity contribution < 1.29 is 28.9 Å². The van der Waals surface area contributed by atoms with Crippen molar-refractivity contribution in [3.63, 3.8) is 0 Å². The van der Waals surface area contributed by atoms with Gasteiger partial charge in [0.1, 0.15) is 11.5 Å². The molecular weight excluding hydrogens is 670 g/mol. The molecular formula is C36H38ClN3O6S2. The minimum absolute atomic E-state index is 0.0678. The molecule has 1 atom stereocenters. The third kappa shape index (κ3) is 8.14. The summed E-state index contributed by atoms with van der Waals surface area (Å²) in [5, 5.41) is 21.2. The van der Waals surface area contributed by atoms with E-state index in [4.69, 9.17) is 25.8 Å². The van der Waals surface area contributed by atoms with Crippen molar-refractivity contribution in [2.24, 2.45) is 0 Å². The zero-order chi connectivity index (χ0) is 34.0. The predicted molar refractivity (Wildman–Crippen MR) is 191 cm³/mol. The van der Waals surface area contributed by atoms with Crippen LogP contribution in [0.2, 0.25) is 5.02 Å². The molecule has 1 aromatic heterocycles. The summed E-state index contributed by atoms with van der Waals surface area (Å²) in [5.41, 5.74) is 1.79.